The van der Waals surface area contributed by atoms with Gasteiger partial charge in [0.1, 0.15) is 0 Å². The second-order valence-corrected chi connectivity index (χ2v) is 7.72. The Balaban J connectivity index is 2.11. The fourth-order valence-corrected chi connectivity index (χ4v) is 4.28. The van der Waals surface area contributed by atoms with Gasteiger partial charge in [-0.3, -0.25) is 4.84 Å². The Morgan fingerprint density at radius 1 is 1.24 bits per heavy atom. The Kier molecular flexibility index (Phi) is 6.47. The molecule has 0 spiro atoms. The summed E-state index contributed by atoms with van der Waals surface area (Å²) in [6, 6.07) is 10.0. The van der Waals surface area contributed by atoms with E-state index in [-0.39, 0.29) is 17.1 Å². The molecule has 0 radical (unpaired) electrons. The number of amides is 2. The maximum Gasteiger partial charge on any atom is 0.312 e. The van der Waals surface area contributed by atoms with Crippen LogP contribution in [0.2, 0.25) is 0 Å². The van der Waals surface area contributed by atoms with E-state index in [9.17, 15) is 4.79 Å². The van der Waals surface area contributed by atoms with Crippen molar-refractivity contribution in [3.8, 4) is 0 Å². The first-order valence-electron chi connectivity index (χ1n) is 9.36. The minimum Gasteiger partial charge on any atom is -0.352 e. The van der Waals surface area contributed by atoms with Gasteiger partial charge < -0.3 is 11.1 Å². The van der Waals surface area contributed by atoms with Crippen molar-refractivity contribution in [3.05, 3.63) is 35.9 Å². The molecule has 1 aromatic rings. The number of carbonyl (C=O) groups excluding carboxylic acids is 1. The number of hydrogen-bond acceptors (Lipinski definition) is 3. The van der Waals surface area contributed by atoms with Crippen LogP contribution >= 0.6 is 0 Å². The summed E-state index contributed by atoms with van der Waals surface area (Å²) in [5, 5.41) is 5.13. The van der Waals surface area contributed by atoms with Crippen molar-refractivity contribution in [3.63, 3.8) is 0 Å². The Labute approximate surface area is 151 Å². The molecule has 1 aliphatic rings. The minimum atomic E-state index is -0.444. The maximum atomic E-state index is 11.3. The minimum absolute atomic E-state index is 0.0846. The van der Waals surface area contributed by atoms with Crippen molar-refractivity contribution in [1.29, 1.82) is 0 Å². The van der Waals surface area contributed by atoms with Gasteiger partial charge in [-0.1, -0.05) is 44.2 Å². The highest BCUT2D eigenvalue weighted by atomic mass is 16.7. The van der Waals surface area contributed by atoms with Crippen LogP contribution in [0, 0.1) is 0 Å². The molecule has 0 bridgehead atoms. The molecule has 140 valence electrons. The zero-order chi connectivity index (χ0) is 18.5. The number of hydrogen-bond donors (Lipinski definition) is 2. The SMILES string of the molecule is CCC1(CC)CC(NC(N)=O)CC(C)(C)N1OCCc1ccccc1. The van der Waals surface area contributed by atoms with Crippen molar-refractivity contribution in [2.24, 2.45) is 5.73 Å². The predicted molar refractivity (Wildman–Crippen MR) is 101 cm³/mol. The first-order chi connectivity index (χ1) is 11.8. The van der Waals surface area contributed by atoms with Crippen LogP contribution in [0.3, 0.4) is 0 Å². The van der Waals surface area contributed by atoms with E-state index < -0.39 is 6.03 Å². The number of benzene rings is 1. The van der Waals surface area contributed by atoms with Gasteiger partial charge in [0, 0.05) is 17.1 Å². The van der Waals surface area contributed by atoms with Crippen LogP contribution in [0.15, 0.2) is 30.3 Å². The summed E-state index contributed by atoms with van der Waals surface area (Å²) in [4.78, 5) is 17.7. The molecule has 1 aromatic carbocycles. The van der Waals surface area contributed by atoms with Gasteiger partial charge >= 0.3 is 6.03 Å². The third kappa shape index (κ3) is 4.73. The molecule has 3 N–H and O–H groups in total. The van der Waals surface area contributed by atoms with E-state index in [2.05, 4.69) is 62.3 Å². The van der Waals surface area contributed by atoms with Gasteiger partial charge in [0.25, 0.3) is 0 Å². The summed E-state index contributed by atoms with van der Waals surface area (Å²) in [6.45, 7) is 9.41. The third-order valence-corrected chi connectivity index (χ3v) is 5.47. The molecule has 2 rings (SSSR count). The van der Waals surface area contributed by atoms with Gasteiger partial charge in [0.05, 0.1) is 6.61 Å². The van der Waals surface area contributed by atoms with Gasteiger partial charge in [-0.15, -0.1) is 0 Å². The molecule has 5 heteroatoms. The quantitative estimate of drug-likeness (QED) is 0.791. The van der Waals surface area contributed by atoms with Crippen molar-refractivity contribution in [1.82, 2.24) is 10.4 Å². The topological polar surface area (TPSA) is 67.6 Å². The number of rotatable bonds is 7. The number of hydroxylamine groups is 2. The summed E-state index contributed by atoms with van der Waals surface area (Å²) in [7, 11) is 0. The van der Waals surface area contributed by atoms with Gasteiger partial charge in [-0.2, -0.15) is 5.06 Å². The highest BCUT2D eigenvalue weighted by Crippen LogP contribution is 2.42. The standard InChI is InChI=1S/C20H33N3O2/c1-5-20(6-2)15-17(22-18(21)24)14-19(3,4)23(20)25-13-12-16-10-8-7-9-11-16/h7-11,17H,5-6,12-15H2,1-4H3,(H3,21,22,24). The molecule has 25 heavy (non-hydrogen) atoms. The number of nitrogens with zero attached hydrogens (tertiary/aromatic N) is 1. The monoisotopic (exact) mass is 347 g/mol. The van der Waals surface area contributed by atoms with E-state index in [0.29, 0.717) is 6.61 Å². The van der Waals surface area contributed by atoms with E-state index in [1.54, 1.807) is 0 Å². The maximum absolute atomic E-state index is 11.3. The zero-order valence-electron chi connectivity index (χ0n) is 16.0. The molecule has 0 aliphatic carbocycles. The summed E-state index contributed by atoms with van der Waals surface area (Å²) < 4.78 is 0. The molecule has 0 saturated carbocycles. The molecule has 2 amide bonds. The van der Waals surface area contributed by atoms with E-state index in [0.717, 1.165) is 32.1 Å². The lowest BCUT2D eigenvalue weighted by molar-refractivity contribution is -0.293. The lowest BCUT2D eigenvalue weighted by atomic mass is 9.74. The molecule has 0 aromatic heterocycles. The fourth-order valence-electron chi connectivity index (χ4n) is 4.28. The molecule has 1 heterocycles. The van der Waals surface area contributed by atoms with Crippen LogP contribution in [-0.2, 0) is 11.3 Å². The van der Waals surface area contributed by atoms with Crippen LogP contribution in [0.25, 0.3) is 0 Å². The smallest absolute Gasteiger partial charge is 0.312 e. The van der Waals surface area contributed by atoms with Gasteiger partial charge in [0.15, 0.2) is 0 Å². The van der Waals surface area contributed by atoms with Crippen LogP contribution < -0.4 is 11.1 Å². The van der Waals surface area contributed by atoms with Crippen molar-refractivity contribution in [2.45, 2.75) is 76.9 Å². The van der Waals surface area contributed by atoms with E-state index in [4.69, 9.17) is 10.6 Å². The third-order valence-electron chi connectivity index (χ3n) is 5.47. The molecule has 1 atom stereocenters. The highest BCUT2D eigenvalue weighted by molar-refractivity contribution is 5.72. The molecule has 1 unspecified atom stereocenters. The lowest BCUT2D eigenvalue weighted by Crippen LogP contribution is -2.66. The average molecular weight is 348 g/mol. The number of primary amides is 1. The zero-order valence-corrected chi connectivity index (χ0v) is 16.0. The summed E-state index contributed by atoms with van der Waals surface area (Å²) in [6.07, 6.45) is 4.51. The van der Waals surface area contributed by atoms with E-state index >= 15 is 0 Å². The molecule has 1 fully saturated rings. The van der Waals surface area contributed by atoms with Crippen LogP contribution in [-0.4, -0.2) is 34.8 Å². The lowest BCUT2D eigenvalue weighted by Gasteiger charge is -2.56. The summed E-state index contributed by atoms with van der Waals surface area (Å²) >= 11 is 0. The van der Waals surface area contributed by atoms with Crippen molar-refractivity contribution < 1.29 is 9.63 Å². The Morgan fingerprint density at radius 3 is 2.44 bits per heavy atom. The number of urea groups is 1. The number of nitrogens with one attached hydrogen (secondary N) is 1. The number of nitrogens with two attached hydrogens (primary N) is 1. The Bertz CT molecular complexity index is 555. The van der Waals surface area contributed by atoms with Crippen LogP contribution in [0.1, 0.15) is 58.9 Å². The van der Waals surface area contributed by atoms with E-state index in [1.165, 1.54) is 5.56 Å². The molecular formula is C20H33N3O2. The first kappa shape index (κ1) is 19.7. The normalized spacial score (nSPS) is 22.5. The fraction of sp³-hybridized carbons (Fsp3) is 0.650. The summed E-state index contributed by atoms with van der Waals surface area (Å²) in [5.74, 6) is 0. The Morgan fingerprint density at radius 2 is 1.88 bits per heavy atom. The summed E-state index contributed by atoms with van der Waals surface area (Å²) in [5.41, 5.74) is 6.39. The Hall–Kier alpha value is -1.59. The van der Waals surface area contributed by atoms with Crippen LogP contribution in [0.4, 0.5) is 4.79 Å². The van der Waals surface area contributed by atoms with Gasteiger partial charge in [-0.05, 0) is 51.5 Å². The second kappa shape index (κ2) is 8.19. The molecule has 1 saturated heterocycles. The van der Waals surface area contributed by atoms with Gasteiger partial charge in [0.2, 0.25) is 0 Å². The number of carbonyl (C=O) groups is 1. The van der Waals surface area contributed by atoms with Crippen LogP contribution in [0.5, 0.6) is 0 Å². The van der Waals surface area contributed by atoms with Crippen molar-refractivity contribution >= 4 is 6.03 Å². The molecular weight excluding hydrogens is 314 g/mol. The highest BCUT2D eigenvalue weighted by Gasteiger charge is 2.50. The van der Waals surface area contributed by atoms with Gasteiger partial charge in [-0.25, -0.2) is 4.79 Å². The largest absolute Gasteiger partial charge is 0.352 e. The predicted octanol–water partition coefficient (Wildman–Crippen LogP) is 3.63. The first-order valence-corrected chi connectivity index (χ1v) is 9.36. The number of piperidine rings is 1. The molecule has 1 aliphatic heterocycles. The van der Waals surface area contributed by atoms with E-state index in [1.807, 2.05) is 6.07 Å². The average Bonchev–Trinajstić information content (AvgIpc) is 2.56. The molecule has 5 nitrogen and oxygen atoms in total. The second-order valence-electron chi connectivity index (χ2n) is 7.72. The van der Waals surface area contributed by atoms with Crippen molar-refractivity contribution in [2.75, 3.05) is 6.61 Å².